The number of nitrogens with zero attached hydrogens (tertiary/aromatic N) is 1. The molecular weight excluding hydrogens is 254 g/mol. The van der Waals surface area contributed by atoms with E-state index in [1.165, 1.54) is 16.9 Å². The van der Waals surface area contributed by atoms with Crippen LogP contribution in [0.4, 0.5) is 11.4 Å². The minimum atomic E-state index is 1.21. The zero-order valence-electron chi connectivity index (χ0n) is 12.6. The van der Waals surface area contributed by atoms with Crippen molar-refractivity contribution in [1.82, 2.24) is 0 Å². The summed E-state index contributed by atoms with van der Waals surface area (Å²) in [7, 11) is 2.08. The van der Waals surface area contributed by atoms with Gasteiger partial charge in [-0.25, -0.2) is 0 Å². The topological polar surface area (TPSA) is 3.24 Å². The average Bonchev–Trinajstić information content (AvgIpc) is 2.58. The second-order valence-electron chi connectivity index (χ2n) is 4.88. The molecule has 0 unspecified atom stereocenters. The molecule has 0 amide bonds. The van der Waals surface area contributed by atoms with Crippen molar-refractivity contribution >= 4 is 11.4 Å². The molecule has 3 rings (SSSR count). The van der Waals surface area contributed by atoms with Gasteiger partial charge in [-0.15, -0.1) is 0 Å². The van der Waals surface area contributed by atoms with Crippen LogP contribution >= 0.6 is 0 Å². The second kappa shape index (κ2) is 7.91. The molecule has 0 fully saturated rings. The van der Waals surface area contributed by atoms with Crippen molar-refractivity contribution in [3.63, 3.8) is 0 Å². The van der Waals surface area contributed by atoms with Crippen LogP contribution in [-0.2, 0) is 0 Å². The highest BCUT2D eigenvalue weighted by Crippen LogP contribution is 2.22. The molecule has 21 heavy (non-hydrogen) atoms. The minimum absolute atomic E-state index is 1.21. The van der Waals surface area contributed by atoms with E-state index < -0.39 is 0 Å². The summed E-state index contributed by atoms with van der Waals surface area (Å²) in [5, 5.41) is 0. The van der Waals surface area contributed by atoms with E-state index in [1.807, 2.05) is 42.5 Å². The van der Waals surface area contributed by atoms with Crippen molar-refractivity contribution in [3.8, 4) is 0 Å². The Hall–Kier alpha value is -2.54. The number of anilines is 2. The summed E-state index contributed by atoms with van der Waals surface area (Å²) in [6.07, 6.45) is 0. The first-order valence-corrected chi connectivity index (χ1v) is 7.13. The minimum Gasteiger partial charge on any atom is -0.345 e. The molecule has 0 aliphatic heterocycles. The summed E-state index contributed by atoms with van der Waals surface area (Å²) in [4.78, 5) is 2.18. The van der Waals surface area contributed by atoms with Gasteiger partial charge >= 0.3 is 0 Å². The van der Waals surface area contributed by atoms with Gasteiger partial charge < -0.3 is 4.90 Å². The zero-order valence-corrected chi connectivity index (χ0v) is 12.6. The van der Waals surface area contributed by atoms with Crippen molar-refractivity contribution in [2.75, 3.05) is 11.9 Å². The van der Waals surface area contributed by atoms with E-state index in [9.17, 15) is 0 Å². The maximum absolute atomic E-state index is 2.18. The summed E-state index contributed by atoms with van der Waals surface area (Å²) in [6, 6.07) is 30.9. The lowest BCUT2D eigenvalue weighted by Gasteiger charge is -2.19. The van der Waals surface area contributed by atoms with E-state index in [4.69, 9.17) is 0 Å². The zero-order chi connectivity index (χ0) is 14.9. The fraction of sp³-hybridized carbons (Fsp3) is 0.100. The predicted octanol–water partition coefficient (Wildman–Crippen LogP) is 5.45. The molecule has 0 spiro atoms. The SMILES string of the molecule is Cc1ccc(N(C)c2ccccc2)cc1.c1ccccc1. The molecule has 106 valence electrons. The van der Waals surface area contributed by atoms with Crippen LogP contribution in [0.1, 0.15) is 5.56 Å². The normalized spacial score (nSPS) is 9.43. The smallest absolute Gasteiger partial charge is 0.0408 e. The average molecular weight is 275 g/mol. The standard InChI is InChI=1S/C14H15N.C6H6/c1-12-8-10-14(11-9-12)15(2)13-6-4-3-5-7-13;1-2-4-6-5-3-1/h3-11H,1-2H3;1-6H. The highest BCUT2D eigenvalue weighted by atomic mass is 15.1. The van der Waals surface area contributed by atoms with Gasteiger partial charge in [0.2, 0.25) is 0 Å². The van der Waals surface area contributed by atoms with Crippen molar-refractivity contribution in [2.24, 2.45) is 0 Å². The van der Waals surface area contributed by atoms with Crippen molar-refractivity contribution in [1.29, 1.82) is 0 Å². The maximum atomic E-state index is 2.18. The Bertz CT molecular complexity index is 588. The third kappa shape index (κ3) is 4.81. The molecule has 0 saturated heterocycles. The number of rotatable bonds is 2. The van der Waals surface area contributed by atoms with Crippen LogP contribution in [0.2, 0.25) is 0 Å². The third-order valence-electron chi connectivity index (χ3n) is 3.23. The van der Waals surface area contributed by atoms with E-state index in [2.05, 4.69) is 67.4 Å². The Morgan fingerprint density at radius 3 is 1.38 bits per heavy atom. The molecule has 0 radical (unpaired) electrons. The van der Waals surface area contributed by atoms with Crippen LogP contribution in [0.15, 0.2) is 91.0 Å². The summed E-state index contributed by atoms with van der Waals surface area (Å²) in [5.41, 5.74) is 3.72. The molecule has 0 aromatic heterocycles. The lowest BCUT2D eigenvalue weighted by Crippen LogP contribution is -2.08. The Kier molecular flexibility index (Phi) is 5.60. The van der Waals surface area contributed by atoms with Crippen molar-refractivity contribution < 1.29 is 0 Å². The molecule has 3 aromatic rings. The van der Waals surface area contributed by atoms with Crippen LogP contribution in [-0.4, -0.2) is 7.05 Å². The van der Waals surface area contributed by atoms with Crippen LogP contribution in [0.25, 0.3) is 0 Å². The summed E-state index contributed by atoms with van der Waals surface area (Å²) in [6.45, 7) is 2.10. The van der Waals surface area contributed by atoms with Gasteiger partial charge in [-0.05, 0) is 31.2 Å². The van der Waals surface area contributed by atoms with Crippen molar-refractivity contribution in [3.05, 3.63) is 96.6 Å². The highest BCUT2D eigenvalue weighted by Gasteiger charge is 2.01. The van der Waals surface area contributed by atoms with Gasteiger partial charge in [-0.1, -0.05) is 72.3 Å². The first-order valence-electron chi connectivity index (χ1n) is 7.13. The molecule has 0 heterocycles. The van der Waals surface area contributed by atoms with E-state index in [0.717, 1.165) is 0 Å². The van der Waals surface area contributed by atoms with Gasteiger partial charge in [0.1, 0.15) is 0 Å². The van der Waals surface area contributed by atoms with Gasteiger partial charge in [-0.3, -0.25) is 0 Å². The fourth-order valence-corrected chi connectivity index (χ4v) is 1.95. The molecule has 1 nitrogen and oxygen atoms in total. The Labute approximate surface area is 127 Å². The quantitative estimate of drug-likeness (QED) is 0.601. The lowest BCUT2D eigenvalue weighted by molar-refractivity contribution is 1.20. The highest BCUT2D eigenvalue weighted by molar-refractivity contribution is 5.62. The summed E-state index contributed by atoms with van der Waals surface area (Å²) >= 11 is 0. The van der Waals surface area contributed by atoms with E-state index in [-0.39, 0.29) is 0 Å². The molecule has 0 bridgehead atoms. The molecular formula is C20H21N. The second-order valence-corrected chi connectivity index (χ2v) is 4.88. The molecule has 3 aromatic carbocycles. The lowest BCUT2D eigenvalue weighted by atomic mass is 10.2. The van der Waals surface area contributed by atoms with Crippen LogP contribution < -0.4 is 4.90 Å². The Morgan fingerprint density at radius 1 is 0.524 bits per heavy atom. The molecule has 0 atom stereocenters. The number of hydrogen-bond donors (Lipinski definition) is 0. The van der Waals surface area contributed by atoms with Gasteiger partial charge in [0, 0.05) is 18.4 Å². The summed E-state index contributed by atoms with van der Waals surface area (Å²) in [5.74, 6) is 0. The first kappa shape index (κ1) is 14.9. The Balaban J connectivity index is 0.000000225. The predicted molar refractivity (Wildman–Crippen MR) is 92.1 cm³/mol. The van der Waals surface area contributed by atoms with E-state index in [1.54, 1.807) is 0 Å². The van der Waals surface area contributed by atoms with E-state index in [0.29, 0.717) is 0 Å². The largest absolute Gasteiger partial charge is 0.345 e. The third-order valence-corrected chi connectivity index (χ3v) is 3.23. The number of hydrogen-bond acceptors (Lipinski definition) is 1. The molecule has 0 aliphatic rings. The summed E-state index contributed by atoms with van der Waals surface area (Å²) < 4.78 is 0. The van der Waals surface area contributed by atoms with Gasteiger partial charge in [0.05, 0.1) is 0 Å². The molecule has 0 aliphatic carbocycles. The van der Waals surface area contributed by atoms with E-state index >= 15 is 0 Å². The van der Waals surface area contributed by atoms with Gasteiger partial charge in [0.15, 0.2) is 0 Å². The van der Waals surface area contributed by atoms with Gasteiger partial charge in [-0.2, -0.15) is 0 Å². The molecule has 1 heteroatoms. The van der Waals surface area contributed by atoms with Crippen LogP contribution in [0, 0.1) is 6.92 Å². The number of para-hydroxylation sites is 1. The van der Waals surface area contributed by atoms with Gasteiger partial charge in [0.25, 0.3) is 0 Å². The monoisotopic (exact) mass is 275 g/mol. The number of aryl methyl sites for hydroxylation is 1. The van der Waals surface area contributed by atoms with Crippen molar-refractivity contribution in [2.45, 2.75) is 6.92 Å². The van der Waals surface area contributed by atoms with Crippen LogP contribution in [0.3, 0.4) is 0 Å². The first-order chi connectivity index (χ1) is 10.3. The maximum Gasteiger partial charge on any atom is 0.0408 e. The Morgan fingerprint density at radius 2 is 0.905 bits per heavy atom. The molecule has 0 saturated carbocycles. The van der Waals surface area contributed by atoms with Crippen LogP contribution in [0.5, 0.6) is 0 Å². The fourth-order valence-electron chi connectivity index (χ4n) is 1.95. The molecule has 0 N–H and O–H groups in total. The number of benzene rings is 3.